The number of rotatable bonds is 2. The zero-order valence-electron chi connectivity index (χ0n) is 14.6. The van der Waals surface area contributed by atoms with Crippen LogP contribution in [-0.2, 0) is 6.42 Å². The highest BCUT2D eigenvalue weighted by molar-refractivity contribution is 9.10. The number of alkyl halides is 3. The number of fused-ring (bicyclic) bond motifs is 3. The van der Waals surface area contributed by atoms with E-state index in [1.165, 1.54) is 0 Å². The SMILES string of the molecule is C[C@@H]1Cc2c(ccc3[nH]ncc23)[C@@H](c2c(F)cc(Br)cc2F)N1CC(F)(F)F. The van der Waals surface area contributed by atoms with Crippen molar-refractivity contribution in [3.05, 3.63) is 63.3 Å². The molecule has 2 atom stereocenters. The van der Waals surface area contributed by atoms with E-state index in [0.29, 0.717) is 12.0 Å². The lowest BCUT2D eigenvalue weighted by Gasteiger charge is -2.42. The lowest BCUT2D eigenvalue weighted by molar-refractivity contribution is -0.155. The molecule has 1 aliphatic rings. The number of benzene rings is 2. The van der Waals surface area contributed by atoms with E-state index in [-0.39, 0.29) is 10.0 Å². The van der Waals surface area contributed by atoms with Gasteiger partial charge in [0.15, 0.2) is 0 Å². The molecule has 148 valence electrons. The summed E-state index contributed by atoms with van der Waals surface area (Å²) < 4.78 is 69.6. The van der Waals surface area contributed by atoms with Crippen LogP contribution in [0.2, 0.25) is 0 Å². The quantitative estimate of drug-likeness (QED) is 0.513. The van der Waals surface area contributed by atoms with Crippen molar-refractivity contribution in [2.75, 3.05) is 6.54 Å². The van der Waals surface area contributed by atoms with Crippen molar-refractivity contribution in [2.45, 2.75) is 31.6 Å². The van der Waals surface area contributed by atoms with E-state index in [1.807, 2.05) is 0 Å². The zero-order chi connectivity index (χ0) is 20.2. The molecule has 0 unspecified atom stereocenters. The van der Waals surface area contributed by atoms with Crippen molar-refractivity contribution in [1.29, 1.82) is 0 Å². The molecule has 0 fully saturated rings. The van der Waals surface area contributed by atoms with Crippen molar-refractivity contribution in [1.82, 2.24) is 15.1 Å². The molecule has 28 heavy (non-hydrogen) atoms. The molecule has 3 nitrogen and oxygen atoms in total. The summed E-state index contributed by atoms with van der Waals surface area (Å²) in [6, 6.07) is 3.65. The number of H-pyrrole nitrogens is 1. The second-order valence-corrected chi connectivity index (χ2v) is 7.91. The third kappa shape index (κ3) is 3.30. The first-order chi connectivity index (χ1) is 13.2. The molecule has 0 spiro atoms. The normalized spacial score (nSPS) is 20.5. The van der Waals surface area contributed by atoms with Crippen LogP contribution in [0.5, 0.6) is 0 Å². The van der Waals surface area contributed by atoms with Gasteiger partial charge in [-0.15, -0.1) is 0 Å². The molecule has 0 saturated carbocycles. The van der Waals surface area contributed by atoms with E-state index in [1.54, 1.807) is 25.3 Å². The van der Waals surface area contributed by atoms with Crippen LogP contribution in [0.4, 0.5) is 22.0 Å². The smallest absolute Gasteiger partial charge is 0.281 e. The maximum atomic E-state index is 14.8. The molecule has 0 saturated heterocycles. The first-order valence-electron chi connectivity index (χ1n) is 8.57. The Hall–Kier alpha value is -2.00. The number of hydrogen-bond donors (Lipinski definition) is 1. The van der Waals surface area contributed by atoms with E-state index in [9.17, 15) is 22.0 Å². The van der Waals surface area contributed by atoms with Crippen LogP contribution in [0.25, 0.3) is 10.9 Å². The van der Waals surface area contributed by atoms with E-state index in [2.05, 4.69) is 26.1 Å². The Labute approximate surface area is 165 Å². The van der Waals surface area contributed by atoms with Gasteiger partial charge in [-0.05, 0) is 42.7 Å². The second kappa shape index (κ2) is 6.81. The molecule has 0 amide bonds. The van der Waals surface area contributed by atoms with Gasteiger partial charge in [0, 0.05) is 21.5 Å². The summed E-state index contributed by atoms with van der Waals surface area (Å²) >= 11 is 3.02. The fraction of sp³-hybridized carbons (Fsp3) is 0.316. The van der Waals surface area contributed by atoms with E-state index in [4.69, 9.17) is 0 Å². The van der Waals surface area contributed by atoms with Crippen molar-refractivity contribution >= 4 is 26.8 Å². The minimum Gasteiger partial charge on any atom is -0.281 e. The molecular weight excluding hydrogens is 445 g/mol. The van der Waals surface area contributed by atoms with Gasteiger partial charge in [0.1, 0.15) is 11.6 Å². The van der Waals surface area contributed by atoms with E-state index < -0.39 is 36.4 Å². The van der Waals surface area contributed by atoms with Crippen LogP contribution in [0.1, 0.15) is 29.7 Å². The van der Waals surface area contributed by atoms with Crippen LogP contribution in [0.3, 0.4) is 0 Å². The summed E-state index contributed by atoms with van der Waals surface area (Å²) in [6.45, 7) is 0.367. The van der Waals surface area contributed by atoms with Crippen LogP contribution in [-0.4, -0.2) is 33.9 Å². The van der Waals surface area contributed by atoms with Crippen molar-refractivity contribution in [3.8, 4) is 0 Å². The molecule has 0 radical (unpaired) electrons. The third-order valence-electron chi connectivity index (χ3n) is 5.14. The molecule has 0 bridgehead atoms. The van der Waals surface area contributed by atoms with Gasteiger partial charge in [0.05, 0.1) is 24.3 Å². The highest BCUT2D eigenvalue weighted by atomic mass is 79.9. The maximum absolute atomic E-state index is 14.8. The predicted octanol–water partition coefficient (Wildman–Crippen LogP) is 5.50. The Morgan fingerprint density at radius 3 is 2.54 bits per heavy atom. The van der Waals surface area contributed by atoms with Gasteiger partial charge >= 0.3 is 6.18 Å². The Bertz CT molecular complexity index is 1020. The van der Waals surface area contributed by atoms with Gasteiger partial charge in [0.2, 0.25) is 0 Å². The monoisotopic (exact) mass is 459 g/mol. The van der Waals surface area contributed by atoms with Gasteiger partial charge in [-0.2, -0.15) is 18.3 Å². The highest BCUT2D eigenvalue weighted by Gasteiger charge is 2.42. The van der Waals surface area contributed by atoms with Gasteiger partial charge < -0.3 is 0 Å². The van der Waals surface area contributed by atoms with Gasteiger partial charge in [-0.1, -0.05) is 22.0 Å². The molecule has 1 N–H and O–H groups in total. The van der Waals surface area contributed by atoms with E-state index >= 15 is 0 Å². The lowest BCUT2D eigenvalue weighted by Crippen LogP contribution is -2.47. The summed E-state index contributed by atoms with van der Waals surface area (Å²) in [5, 5.41) is 7.55. The number of nitrogens with zero attached hydrogens (tertiary/aromatic N) is 2. The Morgan fingerprint density at radius 1 is 1.21 bits per heavy atom. The molecule has 4 rings (SSSR count). The zero-order valence-corrected chi connectivity index (χ0v) is 16.2. The second-order valence-electron chi connectivity index (χ2n) is 6.99. The first-order valence-corrected chi connectivity index (χ1v) is 9.37. The van der Waals surface area contributed by atoms with Crippen molar-refractivity contribution in [2.24, 2.45) is 0 Å². The molecule has 0 aliphatic carbocycles. The number of aromatic amines is 1. The van der Waals surface area contributed by atoms with E-state index in [0.717, 1.165) is 33.5 Å². The largest absolute Gasteiger partial charge is 0.401 e. The highest BCUT2D eigenvalue weighted by Crippen LogP contribution is 2.43. The number of hydrogen-bond acceptors (Lipinski definition) is 2. The summed E-state index contributed by atoms with van der Waals surface area (Å²) in [7, 11) is 0. The van der Waals surface area contributed by atoms with Crippen LogP contribution in [0.15, 0.2) is 34.9 Å². The average molecular weight is 460 g/mol. The average Bonchev–Trinajstić information content (AvgIpc) is 3.04. The van der Waals surface area contributed by atoms with Crippen molar-refractivity contribution < 1.29 is 22.0 Å². The molecular formula is C19H15BrF5N3. The number of halogens is 6. The van der Waals surface area contributed by atoms with Crippen LogP contribution < -0.4 is 0 Å². The van der Waals surface area contributed by atoms with Crippen LogP contribution >= 0.6 is 15.9 Å². The minimum atomic E-state index is -4.51. The molecule has 2 aromatic carbocycles. The van der Waals surface area contributed by atoms with Gasteiger partial charge in [-0.3, -0.25) is 10.00 Å². The molecule has 2 heterocycles. The molecule has 3 aromatic rings. The Morgan fingerprint density at radius 2 is 1.89 bits per heavy atom. The molecule has 9 heteroatoms. The lowest BCUT2D eigenvalue weighted by atomic mass is 9.83. The first kappa shape index (κ1) is 19.3. The minimum absolute atomic E-state index is 0.183. The van der Waals surface area contributed by atoms with Crippen molar-refractivity contribution in [3.63, 3.8) is 0 Å². The standard InChI is InChI=1S/C19H15BrF5N3/c1-9-4-12-11(2-3-16-13(12)7-26-27-16)18(28(9)8-19(23,24)25)17-14(21)5-10(20)6-15(17)22/h2-3,5-7,9,18H,4,8H2,1H3,(H,26,27)/t9-,18+/m1/s1. The predicted molar refractivity (Wildman–Crippen MR) is 97.9 cm³/mol. The number of nitrogens with one attached hydrogen (secondary N) is 1. The summed E-state index contributed by atoms with van der Waals surface area (Å²) in [4.78, 5) is 1.11. The number of aromatic nitrogens is 2. The van der Waals surface area contributed by atoms with Gasteiger partial charge in [0.25, 0.3) is 0 Å². The summed E-state index contributed by atoms with van der Waals surface area (Å²) in [6.07, 6.45) is -2.60. The van der Waals surface area contributed by atoms with Crippen LogP contribution in [0, 0.1) is 11.6 Å². The topological polar surface area (TPSA) is 31.9 Å². The third-order valence-corrected chi connectivity index (χ3v) is 5.60. The van der Waals surface area contributed by atoms with Gasteiger partial charge in [-0.25, -0.2) is 8.78 Å². The fourth-order valence-corrected chi connectivity index (χ4v) is 4.41. The summed E-state index contributed by atoms with van der Waals surface area (Å²) in [5.41, 5.74) is 1.55. The Kier molecular flexibility index (Phi) is 4.70. The molecule has 1 aromatic heterocycles. The maximum Gasteiger partial charge on any atom is 0.401 e. The Balaban J connectivity index is 1.97. The fourth-order valence-electron chi connectivity index (χ4n) is 4.01. The summed E-state index contributed by atoms with van der Waals surface area (Å²) in [5.74, 6) is -1.78. The molecule has 1 aliphatic heterocycles.